The molecule has 2 heterocycles. The normalized spacial score (nSPS) is 10.5. The predicted molar refractivity (Wildman–Crippen MR) is 119 cm³/mol. The number of nitrogens with zero attached hydrogens (tertiary/aromatic N) is 3. The molecular weight excluding hydrogens is 542 g/mol. The number of ketones is 1. The van der Waals surface area contributed by atoms with Crippen LogP contribution in [0.5, 0.6) is 0 Å². The van der Waals surface area contributed by atoms with Crippen LogP contribution in [0.3, 0.4) is 0 Å². The average molecular weight is 556 g/mol. The molecule has 0 bridgehead atoms. The van der Waals surface area contributed by atoms with Crippen molar-refractivity contribution in [3.63, 3.8) is 0 Å². The fraction of sp³-hybridized carbons (Fsp3) is 0.105. The van der Waals surface area contributed by atoms with Gasteiger partial charge in [0.15, 0.2) is 5.82 Å². The molecule has 2 aromatic heterocycles. The minimum absolute atomic E-state index is 0.114. The Hall–Kier alpha value is -2.56. The van der Waals surface area contributed by atoms with Gasteiger partial charge in [-0.05, 0) is 63.0 Å². The lowest BCUT2D eigenvalue weighted by Crippen LogP contribution is -2.29. The summed E-state index contributed by atoms with van der Waals surface area (Å²) >= 11 is 12.8. The molecule has 0 unspecified atom stereocenters. The Morgan fingerprint density at radius 1 is 1.13 bits per heavy atom. The molecule has 30 heavy (non-hydrogen) atoms. The first-order valence-corrected chi connectivity index (χ1v) is 10.5. The SMILES string of the molecule is CC(=O)CNC(=O)c1cccc(Br)c1NC(=O)c1cc(Br)nn1-c1ncccc1Cl. The van der Waals surface area contributed by atoms with Crippen LogP contribution in [0.2, 0.25) is 5.02 Å². The molecule has 0 fully saturated rings. The smallest absolute Gasteiger partial charge is 0.274 e. The Morgan fingerprint density at radius 3 is 2.60 bits per heavy atom. The van der Waals surface area contributed by atoms with Crippen molar-refractivity contribution in [3.05, 3.63) is 68.0 Å². The minimum Gasteiger partial charge on any atom is -0.345 e. The van der Waals surface area contributed by atoms with Crippen LogP contribution in [0.25, 0.3) is 5.82 Å². The summed E-state index contributed by atoms with van der Waals surface area (Å²) in [5.74, 6) is -0.946. The van der Waals surface area contributed by atoms with E-state index in [1.54, 1.807) is 30.3 Å². The van der Waals surface area contributed by atoms with Crippen LogP contribution in [0.15, 0.2) is 51.7 Å². The van der Waals surface area contributed by atoms with Crippen molar-refractivity contribution in [3.8, 4) is 5.82 Å². The van der Waals surface area contributed by atoms with E-state index >= 15 is 0 Å². The van der Waals surface area contributed by atoms with Crippen LogP contribution in [0.1, 0.15) is 27.8 Å². The fourth-order valence-electron chi connectivity index (χ4n) is 2.53. The summed E-state index contributed by atoms with van der Waals surface area (Å²) in [7, 11) is 0. The van der Waals surface area contributed by atoms with Crippen molar-refractivity contribution in [2.24, 2.45) is 0 Å². The van der Waals surface area contributed by atoms with Gasteiger partial charge in [0.2, 0.25) is 0 Å². The van der Waals surface area contributed by atoms with E-state index in [1.807, 2.05) is 0 Å². The molecule has 11 heteroatoms. The van der Waals surface area contributed by atoms with Gasteiger partial charge < -0.3 is 10.6 Å². The number of amides is 2. The third-order valence-electron chi connectivity index (χ3n) is 3.85. The first-order chi connectivity index (χ1) is 14.3. The number of carbonyl (C=O) groups excluding carboxylic acids is 3. The van der Waals surface area contributed by atoms with E-state index in [2.05, 4.69) is 52.6 Å². The summed E-state index contributed by atoms with van der Waals surface area (Å²) in [4.78, 5) is 40.9. The number of halogens is 3. The van der Waals surface area contributed by atoms with E-state index in [0.717, 1.165) is 0 Å². The maximum atomic E-state index is 13.1. The van der Waals surface area contributed by atoms with Gasteiger partial charge in [0.25, 0.3) is 11.8 Å². The monoisotopic (exact) mass is 553 g/mol. The Kier molecular flexibility index (Phi) is 7.01. The summed E-state index contributed by atoms with van der Waals surface area (Å²) in [5.41, 5.74) is 0.591. The van der Waals surface area contributed by atoms with Gasteiger partial charge in [-0.3, -0.25) is 14.4 Å². The zero-order chi connectivity index (χ0) is 21.8. The molecule has 0 atom stereocenters. The van der Waals surface area contributed by atoms with Gasteiger partial charge in [0.05, 0.1) is 22.8 Å². The van der Waals surface area contributed by atoms with Crippen LogP contribution in [0, 0.1) is 0 Å². The number of carbonyl (C=O) groups is 3. The van der Waals surface area contributed by atoms with Gasteiger partial charge in [-0.1, -0.05) is 17.7 Å². The van der Waals surface area contributed by atoms with Crippen molar-refractivity contribution in [2.45, 2.75) is 6.92 Å². The van der Waals surface area contributed by atoms with Gasteiger partial charge in [-0.15, -0.1) is 0 Å². The lowest BCUT2D eigenvalue weighted by Gasteiger charge is -2.13. The molecule has 154 valence electrons. The van der Waals surface area contributed by atoms with Crippen molar-refractivity contribution in [1.29, 1.82) is 0 Å². The molecule has 0 aliphatic heterocycles. The first-order valence-electron chi connectivity index (χ1n) is 8.52. The number of nitrogens with one attached hydrogen (secondary N) is 2. The topological polar surface area (TPSA) is 106 Å². The number of aromatic nitrogens is 3. The van der Waals surface area contributed by atoms with Crippen molar-refractivity contribution < 1.29 is 14.4 Å². The summed E-state index contributed by atoms with van der Waals surface area (Å²) in [6.45, 7) is 1.25. The maximum absolute atomic E-state index is 13.1. The highest BCUT2D eigenvalue weighted by molar-refractivity contribution is 9.10. The van der Waals surface area contributed by atoms with Crippen LogP contribution in [-0.4, -0.2) is 38.9 Å². The van der Waals surface area contributed by atoms with Crippen LogP contribution < -0.4 is 10.6 Å². The second-order valence-corrected chi connectivity index (χ2v) is 8.15. The Bertz CT molecular complexity index is 1150. The molecule has 2 amide bonds. The molecule has 3 rings (SSSR count). The van der Waals surface area contributed by atoms with Gasteiger partial charge in [0.1, 0.15) is 16.1 Å². The molecule has 2 N–H and O–H groups in total. The van der Waals surface area contributed by atoms with Gasteiger partial charge in [-0.2, -0.15) is 5.10 Å². The zero-order valence-electron chi connectivity index (χ0n) is 15.4. The Balaban J connectivity index is 1.96. The predicted octanol–water partition coefficient (Wildman–Crippen LogP) is 4.02. The van der Waals surface area contributed by atoms with Crippen LogP contribution in [0.4, 0.5) is 5.69 Å². The van der Waals surface area contributed by atoms with E-state index in [-0.39, 0.29) is 35.1 Å². The summed E-state index contributed by atoms with van der Waals surface area (Å²) in [6.07, 6.45) is 1.53. The summed E-state index contributed by atoms with van der Waals surface area (Å²) in [6, 6.07) is 9.67. The van der Waals surface area contributed by atoms with Gasteiger partial charge in [-0.25, -0.2) is 9.67 Å². The van der Waals surface area contributed by atoms with E-state index in [4.69, 9.17) is 11.6 Å². The quantitative estimate of drug-likeness (QED) is 0.478. The van der Waals surface area contributed by atoms with E-state index < -0.39 is 11.8 Å². The number of para-hydroxylation sites is 1. The molecule has 0 saturated heterocycles. The Morgan fingerprint density at radius 2 is 1.90 bits per heavy atom. The standard InChI is InChI=1S/C19H14Br2ClN5O3/c1-10(28)9-24-18(29)11-4-2-5-12(20)16(11)25-19(30)14-8-15(21)26-27(14)17-13(22)6-3-7-23-17/h2-8H,9H2,1H3,(H,24,29)(H,25,30). The third-order valence-corrected chi connectivity index (χ3v) is 5.19. The molecule has 0 saturated carbocycles. The van der Waals surface area contributed by atoms with E-state index in [0.29, 0.717) is 14.1 Å². The van der Waals surface area contributed by atoms with E-state index in [1.165, 1.54) is 23.9 Å². The molecule has 1 aromatic carbocycles. The lowest BCUT2D eigenvalue weighted by molar-refractivity contribution is -0.116. The molecule has 8 nitrogen and oxygen atoms in total. The average Bonchev–Trinajstić information content (AvgIpc) is 3.09. The second-order valence-electron chi connectivity index (χ2n) is 6.07. The summed E-state index contributed by atoms with van der Waals surface area (Å²) < 4.78 is 2.20. The number of benzene rings is 1. The van der Waals surface area contributed by atoms with Crippen LogP contribution >= 0.6 is 43.5 Å². The number of rotatable bonds is 6. The number of Topliss-reactive ketones (excluding diaryl/α,β-unsaturated/α-hetero) is 1. The molecule has 0 aliphatic rings. The number of anilines is 1. The maximum Gasteiger partial charge on any atom is 0.274 e. The lowest BCUT2D eigenvalue weighted by atomic mass is 10.1. The Labute approximate surface area is 193 Å². The highest BCUT2D eigenvalue weighted by Gasteiger charge is 2.22. The highest BCUT2D eigenvalue weighted by atomic mass is 79.9. The van der Waals surface area contributed by atoms with Crippen molar-refractivity contribution in [2.75, 3.05) is 11.9 Å². The third kappa shape index (κ3) is 4.94. The van der Waals surface area contributed by atoms with Crippen molar-refractivity contribution in [1.82, 2.24) is 20.1 Å². The number of hydrogen-bond donors (Lipinski definition) is 2. The second kappa shape index (κ2) is 9.50. The van der Waals surface area contributed by atoms with Crippen LogP contribution in [-0.2, 0) is 4.79 Å². The minimum atomic E-state index is -0.539. The van der Waals surface area contributed by atoms with E-state index in [9.17, 15) is 14.4 Å². The summed E-state index contributed by atoms with van der Waals surface area (Å²) in [5, 5.41) is 9.78. The molecule has 0 radical (unpaired) electrons. The molecular formula is C19H14Br2ClN5O3. The fourth-order valence-corrected chi connectivity index (χ4v) is 3.57. The van der Waals surface area contributed by atoms with Gasteiger partial charge >= 0.3 is 0 Å². The molecule has 0 spiro atoms. The number of pyridine rings is 1. The van der Waals surface area contributed by atoms with Crippen molar-refractivity contribution >= 4 is 66.7 Å². The zero-order valence-corrected chi connectivity index (χ0v) is 19.4. The molecule has 3 aromatic rings. The number of hydrogen-bond acceptors (Lipinski definition) is 5. The highest BCUT2D eigenvalue weighted by Crippen LogP contribution is 2.28. The largest absolute Gasteiger partial charge is 0.345 e. The molecule has 0 aliphatic carbocycles. The first kappa shape index (κ1) is 22.1. The van der Waals surface area contributed by atoms with Gasteiger partial charge in [0, 0.05) is 16.7 Å².